The maximum atomic E-state index is 12.5. The molecule has 2 aromatic carbocycles. The molecule has 1 aliphatic carbocycles. The van der Waals surface area contributed by atoms with Gasteiger partial charge in [-0.15, -0.1) is 0 Å². The van der Waals surface area contributed by atoms with Gasteiger partial charge >= 0.3 is 0 Å². The lowest BCUT2D eigenvalue weighted by Crippen LogP contribution is -2.24. The molecule has 0 saturated carbocycles. The third-order valence-corrected chi connectivity index (χ3v) is 6.18. The van der Waals surface area contributed by atoms with Gasteiger partial charge in [0.15, 0.2) is 5.78 Å². The molecule has 1 atom stereocenters. The highest BCUT2D eigenvalue weighted by atomic mass is 32.2. The Kier molecular flexibility index (Phi) is 4.91. The van der Waals surface area contributed by atoms with Crippen molar-refractivity contribution in [1.82, 2.24) is 0 Å². The van der Waals surface area contributed by atoms with E-state index in [4.69, 9.17) is 8.60 Å². The quantitative estimate of drug-likeness (QED) is 0.598. The molecule has 3 aromatic rings. The Balaban J connectivity index is 1.48. The topological polar surface area (TPSA) is 73.6 Å². The summed E-state index contributed by atoms with van der Waals surface area (Å²) in [6.07, 6.45) is 0.710. The number of benzene rings is 2. The fraction of sp³-hybridized carbons (Fsp3) is 0.227. The Morgan fingerprint density at radius 3 is 2.46 bits per heavy atom. The minimum absolute atomic E-state index is 0.0477. The largest absolute Gasteiger partial charge is 0.460 e. The van der Waals surface area contributed by atoms with Gasteiger partial charge in [-0.3, -0.25) is 8.98 Å². The second-order valence-corrected chi connectivity index (χ2v) is 8.68. The summed E-state index contributed by atoms with van der Waals surface area (Å²) in [5, 5.41) is 0. The van der Waals surface area contributed by atoms with E-state index in [1.54, 1.807) is 18.2 Å². The predicted octanol–water partition coefficient (Wildman–Crippen LogP) is 4.41. The van der Waals surface area contributed by atoms with Crippen molar-refractivity contribution < 1.29 is 21.8 Å². The highest BCUT2D eigenvalue weighted by molar-refractivity contribution is 7.86. The molecule has 0 bridgehead atoms. The number of furan rings is 1. The standard InChI is InChI=1S/C22H20O5S/c1-15-7-9-18(10-8-15)28(24,25)26-14-16-11-20(23)19-13-21(27-22(19)12-16)17-5-3-2-4-6-17/h2-10,13,16H,11-12,14H2,1H3. The van der Waals surface area contributed by atoms with Crippen LogP contribution in [0.4, 0.5) is 0 Å². The molecule has 1 aromatic heterocycles. The zero-order chi connectivity index (χ0) is 19.7. The van der Waals surface area contributed by atoms with Crippen molar-refractivity contribution in [2.45, 2.75) is 24.7 Å². The average Bonchev–Trinajstić information content (AvgIpc) is 3.12. The monoisotopic (exact) mass is 396 g/mol. The fourth-order valence-corrected chi connectivity index (χ4v) is 4.32. The normalized spacial score (nSPS) is 16.8. The van der Waals surface area contributed by atoms with Crippen molar-refractivity contribution in [1.29, 1.82) is 0 Å². The molecule has 0 fully saturated rings. The van der Waals surface area contributed by atoms with Crippen molar-refractivity contribution in [3.05, 3.63) is 77.6 Å². The first-order valence-corrected chi connectivity index (χ1v) is 10.5. The van der Waals surface area contributed by atoms with Gasteiger partial charge in [-0.25, -0.2) is 0 Å². The number of aryl methyl sites for hydroxylation is 1. The van der Waals surface area contributed by atoms with E-state index >= 15 is 0 Å². The van der Waals surface area contributed by atoms with Crippen LogP contribution in [0, 0.1) is 12.8 Å². The van der Waals surface area contributed by atoms with E-state index in [9.17, 15) is 13.2 Å². The lowest BCUT2D eigenvalue weighted by atomic mass is 9.88. The molecule has 4 rings (SSSR count). The zero-order valence-corrected chi connectivity index (χ0v) is 16.2. The SMILES string of the molecule is Cc1ccc(S(=O)(=O)OCC2CC(=O)c3cc(-c4ccccc4)oc3C2)cc1. The molecule has 6 heteroatoms. The summed E-state index contributed by atoms with van der Waals surface area (Å²) in [6.45, 7) is 1.83. The Morgan fingerprint density at radius 1 is 1.04 bits per heavy atom. The Bertz CT molecular complexity index is 1100. The van der Waals surface area contributed by atoms with Crippen LogP contribution >= 0.6 is 0 Å². The van der Waals surface area contributed by atoms with E-state index < -0.39 is 10.1 Å². The summed E-state index contributed by atoms with van der Waals surface area (Å²) in [6, 6.07) is 17.8. The first-order chi connectivity index (χ1) is 13.4. The summed E-state index contributed by atoms with van der Waals surface area (Å²) in [5.41, 5.74) is 2.45. The molecule has 0 saturated heterocycles. The second kappa shape index (κ2) is 7.37. The lowest BCUT2D eigenvalue weighted by Gasteiger charge is -2.19. The van der Waals surface area contributed by atoms with Gasteiger partial charge in [0.1, 0.15) is 11.5 Å². The van der Waals surface area contributed by atoms with Gasteiger partial charge in [-0.1, -0.05) is 48.0 Å². The van der Waals surface area contributed by atoms with Crippen LogP contribution in [0.2, 0.25) is 0 Å². The number of hydrogen-bond donors (Lipinski definition) is 0. The van der Waals surface area contributed by atoms with Crippen molar-refractivity contribution >= 4 is 15.9 Å². The number of rotatable bonds is 5. The van der Waals surface area contributed by atoms with Crippen LogP contribution < -0.4 is 0 Å². The molecule has 144 valence electrons. The second-order valence-electron chi connectivity index (χ2n) is 7.06. The molecule has 1 unspecified atom stereocenters. The molecule has 0 N–H and O–H groups in total. The molecule has 0 aliphatic heterocycles. The summed E-state index contributed by atoms with van der Waals surface area (Å²) < 4.78 is 35.9. The van der Waals surface area contributed by atoms with Gasteiger partial charge in [0.25, 0.3) is 10.1 Å². The molecule has 0 spiro atoms. The molecule has 28 heavy (non-hydrogen) atoms. The molecule has 0 radical (unpaired) electrons. The van der Waals surface area contributed by atoms with Crippen molar-refractivity contribution in [2.24, 2.45) is 5.92 Å². The minimum atomic E-state index is -3.85. The fourth-order valence-electron chi connectivity index (χ4n) is 3.34. The van der Waals surface area contributed by atoms with Crippen LogP contribution in [0.3, 0.4) is 0 Å². The van der Waals surface area contributed by atoms with Gasteiger partial charge in [0.2, 0.25) is 0 Å². The summed E-state index contributed by atoms with van der Waals surface area (Å²) in [5.74, 6) is 0.952. The van der Waals surface area contributed by atoms with Crippen LogP contribution in [0.1, 0.15) is 28.1 Å². The van der Waals surface area contributed by atoms with Gasteiger partial charge in [-0.05, 0) is 31.0 Å². The number of ketones is 1. The van der Waals surface area contributed by atoms with E-state index in [0.29, 0.717) is 23.5 Å². The maximum Gasteiger partial charge on any atom is 0.296 e. The van der Waals surface area contributed by atoms with Crippen molar-refractivity contribution in [3.63, 3.8) is 0 Å². The van der Waals surface area contributed by atoms with Crippen LogP contribution in [0.5, 0.6) is 0 Å². The first-order valence-electron chi connectivity index (χ1n) is 9.10. The molecular formula is C22H20O5S. The number of Topliss-reactive ketones (excluding diaryl/α,β-unsaturated/α-hetero) is 1. The van der Waals surface area contributed by atoms with Crippen LogP contribution in [0.15, 0.2) is 70.0 Å². The Hall–Kier alpha value is -2.70. The third-order valence-electron chi connectivity index (χ3n) is 4.88. The van der Waals surface area contributed by atoms with E-state index in [1.807, 2.05) is 37.3 Å². The highest BCUT2D eigenvalue weighted by Gasteiger charge is 2.30. The highest BCUT2D eigenvalue weighted by Crippen LogP contribution is 2.33. The van der Waals surface area contributed by atoms with Crippen molar-refractivity contribution in [3.8, 4) is 11.3 Å². The predicted molar refractivity (Wildman–Crippen MR) is 105 cm³/mol. The van der Waals surface area contributed by atoms with Crippen LogP contribution in [0.25, 0.3) is 11.3 Å². The molecule has 1 heterocycles. The Morgan fingerprint density at radius 2 is 1.75 bits per heavy atom. The van der Waals surface area contributed by atoms with Crippen molar-refractivity contribution in [2.75, 3.05) is 6.61 Å². The van der Waals surface area contributed by atoms with Gasteiger partial charge in [0, 0.05) is 18.4 Å². The van der Waals surface area contributed by atoms with Crippen LogP contribution in [-0.4, -0.2) is 20.8 Å². The molecule has 1 aliphatic rings. The van der Waals surface area contributed by atoms with Crippen LogP contribution in [-0.2, 0) is 20.7 Å². The van der Waals surface area contributed by atoms with E-state index in [0.717, 1.165) is 11.1 Å². The molecule has 5 nitrogen and oxygen atoms in total. The summed E-state index contributed by atoms with van der Waals surface area (Å²) >= 11 is 0. The van der Waals surface area contributed by atoms with E-state index in [-0.39, 0.29) is 29.6 Å². The number of hydrogen-bond acceptors (Lipinski definition) is 5. The number of carbonyl (C=O) groups is 1. The lowest BCUT2D eigenvalue weighted by molar-refractivity contribution is 0.0921. The summed E-state index contributed by atoms with van der Waals surface area (Å²) in [7, 11) is -3.85. The molecule has 0 amide bonds. The molecular weight excluding hydrogens is 376 g/mol. The Labute approximate surface area is 164 Å². The minimum Gasteiger partial charge on any atom is -0.460 e. The van der Waals surface area contributed by atoms with Gasteiger partial charge in [0.05, 0.1) is 17.1 Å². The number of carbonyl (C=O) groups excluding carboxylic acids is 1. The van der Waals surface area contributed by atoms with Gasteiger partial charge < -0.3 is 4.42 Å². The van der Waals surface area contributed by atoms with E-state index in [1.165, 1.54) is 12.1 Å². The summed E-state index contributed by atoms with van der Waals surface area (Å²) in [4.78, 5) is 12.6. The van der Waals surface area contributed by atoms with E-state index in [2.05, 4.69) is 0 Å². The third kappa shape index (κ3) is 3.79. The first kappa shape index (κ1) is 18.7. The average molecular weight is 396 g/mol. The maximum absolute atomic E-state index is 12.5. The smallest absolute Gasteiger partial charge is 0.296 e. The van der Waals surface area contributed by atoms with Gasteiger partial charge in [-0.2, -0.15) is 8.42 Å². The zero-order valence-electron chi connectivity index (χ0n) is 15.4. The number of fused-ring (bicyclic) bond motifs is 1.